The Morgan fingerprint density at radius 1 is 1.22 bits per heavy atom. The van der Waals surface area contributed by atoms with Gasteiger partial charge >= 0.3 is 0 Å². The molecule has 0 unspecified atom stereocenters. The molecule has 0 aromatic carbocycles. The standard InChI is InChI=1S/C14H19NO3/c1-13(2)16-9-6-7-11-14(12(9)17-13)8-4-3-5-10(14)15-18-11/h6-7,9,11-12H,3-5,8H2,1-2H3/t9-,11-,12-,14-/m0/s1. The lowest BCUT2D eigenvalue weighted by Gasteiger charge is -2.43. The van der Waals surface area contributed by atoms with Crippen LogP contribution < -0.4 is 0 Å². The molecule has 0 aromatic heterocycles. The number of rotatable bonds is 0. The van der Waals surface area contributed by atoms with Gasteiger partial charge in [-0.2, -0.15) is 0 Å². The Labute approximate surface area is 107 Å². The maximum absolute atomic E-state index is 6.19. The number of nitrogens with zero attached hydrogens (tertiary/aromatic N) is 1. The summed E-state index contributed by atoms with van der Waals surface area (Å²) in [5, 5.41) is 4.33. The van der Waals surface area contributed by atoms with Crippen LogP contribution in [-0.4, -0.2) is 29.8 Å². The van der Waals surface area contributed by atoms with E-state index in [0.29, 0.717) is 0 Å². The van der Waals surface area contributed by atoms with Crippen LogP contribution in [0.4, 0.5) is 0 Å². The van der Waals surface area contributed by atoms with Crippen molar-refractivity contribution >= 4 is 5.71 Å². The molecule has 2 fully saturated rings. The fraction of sp³-hybridized carbons (Fsp3) is 0.786. The summed E-state index contributed by atoms with van der Waals surface area (Å²) in [6, 6.07) is 0. The van der Waals surface area contributed by atoms with Gasteiger partial charge in [-0.05, 0) is 39.2 Å². The Hall–Kier alpha value is -0.870. The number of fused-ring (bicyclic) bond motifs is 1. The van der Waals surface area contributed by atoms with Crippen LogP contribution in [0.25, 0.3) is 0 Å². The average Bonchev–Trinajstić information content (AvgIpc) is 2.85. The lowest BCUT2D eigenvalue weighted by molar-refractivity contribution is -0.156. The predicted octanol–water partition coefficient (Wildman–Crippen LogP) is 2.39. The molecule has 0 radical (unpaired) electrons. The fourth-order valence-electron chi connectivity index (χ4n) is 3.95. The fourth-order valence-corrected chi connectivity index (χ4v) is 3.95. The van der Waals surface area contributed by atoms with Crippen LogP contribution in [-0.2, 0) is 14.3 Å². The van der Waals surface area contributed by atoms with Crippen LogP contribution in [0.15, 0.2) is 17.3 Å². The largest absolute Gasteiger partial charge is 0.387 e. The van der Waals surface area contributed by atoms with E-state index in [-0.39, 0.29) is 23.7 Å². The van der Waals surface area contributed by atoms with Crippen LogP contribution in [0.5, 0.6) is 0 Å². The SMILES string of the molecule is CC1(C)O[C@H]2C=C[C@@H]3ON=C4CCCC[C@]43[C@H]2O1. The molecule has 1 saturated carbocycles. The summed E-state index contributed by atoms with van der Waals surface area (Å²) in [7, 11) is 0. The molecule has 2 aliphatic carbocycles. The van der Waals surface area contributed by atoms with E-state index in [1.54, 1.807) is 0 Å². The molecule has 0 N–H and O–H groups in total. The van der Waals surface area contributed by atoms with Crippen molar-refractivity contribution in [2.24, 2.45) is 10.6 Å². The van der Waals surface area contributed by atoms with Gasteiger partial charge in [-0.25, -0.2) is 0 Å². The molecule has 4 heteroatoms. The minimum Gasteiger partial charge on any atom is -0.387 e. The molecule has 4 atom stereocenters. The van der Waals surface area contributed by atoms with Gasteiger partial charge in [0.1, 0.15) is 12.2 Å². The molecule has 0 bridgehead atoms. The van der Waals surface area contributed by atoms with Crippen molar-refractivity contribution in [2.45, 2.75) is 63.6 Å². The summed E-state index contributed by atoms with van der Waals surface area (Å²) in [5.74, 6) is -0.505. The highest BCUT2D eigenvalue weighted by atomic mass is 16.8. The first-order valence-electron chi connectivity index (χ1n) is 6.89. The van der Waals surface area contributed by atoms with Gasteiger partial charge in [0.25, 0.3) is 0 Å². The first kappa shape index (κ1) is 11.0. The highest BCUT2D eigenvalue weighted by Gasteiger charge is 2.63. The van der Waals surface area contributed by atoms with Crippen molar-refractivity contribution in [3.8, 4) is 0 Å². The van der Waals surface area contributed by atoms with Gasteiger partial charge in [-0.15, -0.1) is 0 Å². The third-order valence-corrected chi connectivity index (χ3v) is 4.69. The van der Waals surface area contributed by atoms with Crippen molar-refractivity contribution in [1.29, 1.82) is 0 Å². The van der Waals surface area contributed by atoms with Crippen LogP contribution >= 0.6 is 0 Å². The molecule has 2 aliphatic heterocycles. The number of oxime groups is 1. The Morgan fingerprint density at radius 3 is 3.00 bits per heavy atom. The van der Waals surface area contributed by atoms with E-state index < -0.39 is 5.79 Å². The third kappa shape index (κ3) is 1.25. The molecule has 1 spiro atoms. The molecule has 2 heterocycles. The minimum atomic E-state index is -0.505. The molecule has 98 valence electrons. The van der Waals surface area contributed by atoms with E-state index in [4.69, 9.17) is 14.3 Å². The highest BCUT2D eigenvalue weighted by molar-refractivity contribution is 5.93. The number of hydrogen-bond donors (Lipinski definition) is 0. The van der Waals surface area contributed by atoms with Crippen molar-refractivity contribution < 1.29 is 14.3 Å². The summed E-state index contributed by atoms with van der Waals surface area (Å²) in [5.41, 5.74) is 1.13. The van der Waals surface area contributed by atoms with Gasteiger partial charge in [-0.3, -0.25) is 0 Å². The van der Waals surface area contributed by atoms with Gasteiger partial charge in [0, 0.05) is 0 Å². The zero-order valence-corrected chi connectivity index (χ0v) is 10.9. The molecule has 0 aromatic rings. The monoisotopic (exact) mass is 249 g/mol. The topological polar surface area (TPSA) is 40.0 Å². The molecule has 0 amide bonds. The zero-order valence-electron chi connectivity index (χ0n) is 10.9. The summed E-state index contributed by atoms with van der Waals surface area (Å²) < 4.78 is 12.2. The molecule has 4 rings (SSSR count). The van der Waals surface area contributed by atoms with Gasteiger partial charge in [0.05, 0.1) is 11.1 Å². The maximum Gasteiger partial charge on any atom is 0.164 e. The maximum atomic E-state index is 6.19. The Bertz CT molecular complexity index is 442. The van der Waals surface area contributed by atoms with Gasteiger partial charge in [0.15, 0.2) is 11.9 Å². The summed E-state index contributed by atoms with van der Waals surface area (Å²) in [6.07, 6.45) is 8.92. The van der Waals surface area contributed by atoms with E-state index in [0.717, 1.165) is 12.8 Å². The van der Waals surface area contributed by atoms with E-state index in [2.05, 4.69) is 17.3 Å². The number of ether oxygens (including phenoxy) is 2. The number of hydrogen-bond acceptors (Lipinski definition) is 4. The predicted molar refractivity (Wildman–Crippen MR) is 66.2 cm³/mol. The average molecular weight is 249 g/mol. The lowest BCUT2D eigenvalue weighted by Crippen LogP contribution is -2.55. The van der Waals surface area contributed by atoms with Gasteiger partial charge in [0.2, 0.25) is 0 Å². The highest BCUT2D eigenvalue weighted by Crippen LogP contribution is 2.53. The second kappa shape index (κ2) is 3.36. The minimum absolute atomic E-state index is 0.0428. The van der Waals surface area contributed by atoms with E-state index in [1.165, 1.54) is 18.6 Å². The molecule has 18 heavy (non-hydrogen) atoms. The molecule has 1 saturated heterocycles. The Balaban J connectivity index is 1.79. The first-order valence-corrected chi connectivity index (χ1v) is 6.89. The van der Waals surface area contributed by atoms with Crippen molar-refractivity contribution in [3.05, 3.63) is 12.2 Å². The van der Waals surface area contributed by atoms with E-state index in [1.807, 2.05) is 13.8 Å². The third-order valence-electron chi connectivity index (χ3n) is 4.69. The van der Waals surface area contributed by atoms with Crippen LogP contribution in [0, 0.1) is 5.41 Å². The van der Waals surface area contributed by atoms with Crippen molar-refractivity contribution in [2.75, 3.05) is 0 Å². The first-order chi connectivity index (χ1) is 8.62. The Morgan fingerprint density at radius 2 is 2.11 bits per heavy atom. The molecular weight excluding hydrogens is 230 g/mol. The Kier molecular flexibility index (Phi) is 2.06. The smallest absolute Gasteiger partial charge is 0.164 e. The van der Waals surface area contributed by atoms with Crippen LogP contribution in [0.1, 0.15) is 39.5 Å². The normalized spacial score (nSPS) is 47.9. The van der Waals surface area contributed by atoms with E-state index in [9.17, 15) is 0 Å². The van der Waals surface area contributed by atoms with Crippen molar-refractivity contribution in [1.82, 2.24) is 0 Å². The second-order valence-corrected chi connectivity index (χ2v) is 6.22. The zero-order chi connectivity index (χ0) is 12.4. The molecule has 4 nitrogen and oxygen atoms in total. The second-order valence-electron chi connectivity index (χ2n) is 6.22. The van der Waals surface area contributed by atoms with Gasteiger partial charge in [-0.1, -0.05) is 17.7 Å². The van der Waals surface area contributed by atoms with E-state index >= 15 is 0 Å². The summed E-state index contributed by atoms with van der Waals surface area (Å²) in [4.78, 5) is 5.64. The summed E-state index contributed by atoms with van der Waals surface area (Å²) in [6.45, 7) is 3.97. The van der Waals surface area contributed by atoms with Crippen molar-refractivity contribution in [3.63, 3.8) is 0 Å². The molecular formula is C14H19NO3. The quantitative estimate of drug-likeness (QED) is 0.619. The van der Waals surface area contributed by atoms with Gasteiger partial charge < -0.3 is 14.3 Å². The molecule has 4 aliphatic rings. The van der Waals surface area contributed by atoms with Crippen LogP contribution in [0.3, 0.4) is 0 Å². The lowest BCUT2D eigenvalue weighted by atomic mass is 9.62. The van der Waals surface area contributed by atoms with Crippen LogP contribution in [0.2, 0.25) is 0 Å². The summed E-state index contributed by atoms with van der Waals surface area (Å²) >= 11 is 0.